The number of sulfone groups is 1. The Bertz CT molecular complexity index is 272. The predicted octanol–water partition coefficient (Wildman–Crippen LogP) is -0.0929. The van der Waals surface area contributed by atoms with Crippen LogP contribution in [0.15, 0.2) is 0 Å². The molecule has 0 heterocycles. The van der Waals surface area contributed by atoms with Crippen LogP contribution in [0.25, 0.3) is 0 Å². The van der Waals surface area contributed by atoms with E-state index < -0.39 is 20.6 Å². The molecule has 0 aromatic carbocycles. The molecule has 4 nitrogen and oxygen atoms in total. The number of hydrogen-bond acceptors (Lipinski definition) is 4. The van der Waals surface area contributed by atoms with Crippen molar-refractivity contribution in [2.24, 2.45) is 5.73 Å². The van der Waals surface area contributed by atoms with Crippen molar-refractivity contribution in [1.29, 1.82) is 0 Å². The lowest BCUT2D eigenvalue weighted by Crippen LogP contribution is -2.19. The van der Waals surface area contributed by atoms with Crippen LogP contribution in [0.3, 0.4) is 0 Å². The van der Waals surface area contributed by atoms with E-state index in [2.05, 4.69) is 0 Å². The molecule has 0 spiro atoms. The Hall–Kier alpha value is 0.0600. The van der Waals surface area contributed by atoms with Crippen molar-refractivity contribution in [3.05, 3.63) is 0 Å². The lowest BCUT2D eigenvalue weighted by Gasteiger charge is -2.04. The summed E-state index contributed by atoms with van der Waals surface area (Å²) in [4.78, 5) is 0. The zero-order valence-corrected chi connectivity index (χ0v) is 10.4. The van der Waals surface area contributed by atoms with Crippen LogP contribution in [0, 0.1) is 0 Å². The number of hydrogen-bond donors (Lipinski definition) is 1. The highest BCUT2D eigenvalue weighted by atomic mass is 32.2. The van der Waals surface area contributed by atoms with Crippen molar-refractivity contribution in [1.82, 2.24) is 0 Å². The maximum atomic E-state index is 11.3. The maximum Gasteiger partial charge on any atom is 0.147 e. The van der Waals surface area contributed by atoms with Crippen molar-refractivity contribution in [3.8, 4) is 0 Å². The van der Waals surface area contributed by atoms with Gasteiger partial charge in [0.2, 0.25) is 0 Å². The highest BCUT2D eigenvalue weighted by Crippen LogP contribution is 1.96. The fraction of sp³-hybridized carbons (Fsp3) is 1.00. The standard InChI is InChI=1S/C8H19NO3S2/c1-8(9)4-6-13(10)5-3-7-14(2,11)12/h8H,3-7,9H2,1-2H3. The van der Waals surface area contributed by atoms with E-state index in [1.165, 1.54) is 6.26 Å². The first kappa shape index (κ1) is 14.1. The van der Waals surface area contributed by atoms with Crippen LogP contribution >= 0.6 is 0 Å². The monoisotopic (exact) mass is 241 g/mol. The summed E-state index contributed by atoms with van der Waals surface area (Å²) in [5, 5.41) is 0. The highest BCUT2D eigenvalue weighted by molar-refractivity contribution is 7.90. The van der Waals surface area contributed by atoms with Gasteiger partial charge in [0.05, 0.1) is 5.75 Å². The van der Waals surface area contributed by atoms with Gasteiger partial charge in [-0.3, -0.25) is 4.21 Å². The van der Waals surface area contributed by atoms with Crippen molar-refractivity contribution in [2.75, 3.05) is 23.5 Å². The van der Waals surface area contributed by atoms with Crippen LogP contribution in [0.2, 0.25) is 0 Å². The molecule has 0 saturated carbocycles. The zero-order chi connectivity index (χ0) is 11.2. The van der Waals surface area contributed by atoms with Crippen molar-refractivity contribution >= 4 is 20.6 Å². The molecular formula is C8H19NO3S2. The molecule has 2 unspecified atom stereocenters. The Morgan fingerprint density at radius 3 is 2.36 bits per heavy atom. The zero-order valence-electron chi connectivity index (χ0n) is 8.73. The summed E-state index contributed by atoms with van der Waals surface area (Å²) in [7, 11) is -3.83. The van der Waals surface area contributed by atoms with Gasteiger partial charge in [-0.25, -0.2) is 8.42 Å². The summed E-state index contributed by atoms with van der Waals surface area (Å²) in [5.41, 5.74) is 5.51. The van der Waals surface area contributed by atoms with Crippen LogP contribution in [0.1, 0.15) is 19.8 Å². The lowest BCUT2D eigenvalue weighted by molar-refractivity contribution is 0.600. The van der Waals surface area contributed by atoms with Crippen molar-refractivity contribution in [2.45, 2.75) is 25.8 Å². The van der Waals surface area contributed by atoms with Crippen LogP contribution < -0.4 is 5.73 Å². The van der Waals surface area contributed by atoms with Gasteiger partial charge in [-0.2, -0.15) is 0 Å². The van der Waals surface area contributed by atoms with Gasteiger partial charge in [-0.15, -0.1) is 0 Å². The Labute approximate surface area is 88.6 Å². The topological polar surface area (TPSA) is 77.2 Å². The second-order valence-corrected chi connectivity index (χ2v) is 7.55. The SMILES string of the molecule is CC(N)CCS(=O)CCCS(C)(=O)=O. The predicted molar refractivity (Wildman–Crippen MR) is 60.5 cm³/mol. The maximum absolute atomic E-state index is 11.3. The molecule has 0 aliphatic heterocycles. The van der Waals surface area contributed by atoms with Gasteiger partial charge in [0.1, 0.15) is 9.84 Å². The summed E-state index contributed by atoms with van der Waals surface area (Å²) in [6.07, 6.45) is 2.40. The smallest absolute Gasteiger partial charge is 0.147 e. The molecule has 86 valence electrons. The molecule has 0 aliphatic rings. The van der Waals surface area contributed by atoms with Crippen LogP contribution in [0.5, 0.6) is 0 Å². The molecule has 0 aromatic rings. The Kier molecular flexibility index (Phi) is 6.55. The van der Waals surface area contributed by atoms with Crippen LogP contribution in [-0.4, -0.2) is 42.2 Å². The second kappa shape index (κ2) is 6.53. The van der Waals surface area contributed by atoms with Crippen molar-refractivity contribution < 1.29 is 12.6 Å². The number of rotatable bonds is 7. The molecule has 0 aliphatic carbocycles. The molecule has 2 atom stereocenters. The van der Waals surface area contributed by atoms with E-state index in [4.69, 9.17) is 5.73 Å². The Morgan fingerprint density at radius 1 is 1.36 bits per heavy atom. The average molecular weight is 241 g/mol. The van der Waals surface area contributed by atoms with Gasteiger partial charge in [0, 0.05) is 34.6 Å². The van der Waals surface area contributed by atoms with E-state index in [-0.39, 0.29) is 11.8 Å². The summed E-state index contributed by atoms with van der Waals surface area (Å²) >= 11 is 0. The third-order valence-electron chi connectivity index (χ3n) is 1.69. The molecule has 0 amide bonds. The second-order valence-electron chi connectivity index (χ2n) is 3.60. The fourth-order valence-corrected chi connectivity index (χ4v) is 3.06. The minimum absolute atomic E-state index is 0.0638. The minimum atomic E-state index is -2.91. The average Bonchev–Trinajstić information content (AvgIpc) is 1.98. The lowest BCUT2D eigenvalue weighted by atomic mass is 10.3. The van der Waals surface area contributed by atoms with Gasteiger partial charge in [-0.1, -0.05) is 0 Å². The molecular weight excluding hydrogens is 222 g/mol. The Morgan fingerprint density at radius 2 is 1.93 bits per heavy atom. The Balaban J connectivity index is 3.55. The van der Waals surface area contributed by atoms with Gasteiger partial charge < -0.3 is 5.73 Å². The third-order valence-corrected chi connectivity index (χ3v) is 4.15. The van der Waals surface area contributed by atoms with E-state index in [1.807, 2.05) is 6.92 Å². The van der Waals surface area contributed by atoms with Gasteiger partial charge in [0.15, 0.2) is 0 Å². The highest BCUT2D eigenvalue weighted by Gasteiger charge is 2.05. The van der Waals surface area contributed by atoms with Gasteiger partial charge in [0.25, 0.3) is 0 Å². The van der Waals surface area contributed by atoms with Crippen LogP contribution in [-0.2, 0) is 20.6 Å². The summed E-state index contributed by atoms with van der Waals surface area (Å²) in [6, 6.07) is 0.0638. The fourth-order valence-electron chi connectivity index (χ4n) is 0.902. The first-order valence-electron chi connectivity index (χ1n) is 4.59. The molecule has 0 saturated heterocycles. The summed E-state index contributed by atoms with van der Waals surface area (Å²) < 4.78 is 32.8. The van der Waals surface area contributed by atoms with E-state index in [0.29, 0.717) is 17.9 Å². The molecule has 0 rings (SSSR count). The van der Waals surface area contributed by atoms with E-state index >= 15 is 0 Å². The quantitative estimate of drug-likeness (QED) is 0.675. The van der Waals surface area contributed by atoms with Crippen LogP contribution in [0.4, 0.5) is 0 Å². The molecule has 14 heavy (non-hydrogen) atoms. The first-order valence-corrected chi connectivity index (χ1v) is 8.14. The van der Waals surface area contributed by atoms with E-state index in [0.717, 1.165) is 6.42 Å². The van der Waals surface area contributed by atoms with E-state index in [9.17, 15) is 12.6 Å². The molecule has 0 fully saturated rings. The minimum Gasteiger partial charge on any atom is -0.328 e. The van der Waals surface area contributed by atoms with Crippen molar-refractivity contribution in [3.63, 3.8) is 0 Å². The molecule has 2 N–H and O–H groups in total. The van der Waals surface area contributed by atoms with Gasteiger partial charge >= 0.3 is 0 Å². The largest absolute Gasteiger partial charge is 0.328 e. The molecule has 0 radical (unpaired) electrons. The third kappa shape index (κ3) is 10.1. The molecule has 6 heteroatoms. The molecule has 0 bridgehead atoms. The summed E-state index contributed by atoms with van der Waals surface area (Å²) in [5.74, 6) is 1.15. The first-order chi connectivity index (χ1) is 6.31. The van der Waals surface area contributed by atoms with Gasteiger partial charge in [-0.05, 0) is 19.8 Å². The van der Waals surface area contributed by atoms with E-state index in [1.54, 1.807) is 0 Å². The number of nitrogens with two attached hydrogens (primary N) is 1. The normalized spacial score (nSPS) is 16.5. The summed E-state index contributed by atoms with van der Waals surface area (Å²) in [6.45, 7) is 1.87. The molecule has 0 aromatic heterocycles.